The number of imide groups is 1. The van der Waals surface area contributed by atoms with Crippen LogP contribution in [-0.2, 0) is 0 Å². The third-order valence-corrected chi connectivity index (χ3v) is 4.10. The molecule has 0 saturated carbocycles. The maximum absolute atomic E-state index is 12.4. The number of fused-ring (bicyclic) bond motifs is 3. The van der Waals surface area contributed by atoms with E-state index in [1.165, 1.54) is 0 Å². The number of aromatic nitrogens is 3. The van der Waals surface area contributed by atoms with Crippen LogP contribution in [0.4, 0.5) is 4.79 Å². The van der Waals surface area contributed by atoms with Gasteiger partial charge in [0.2, 0.25) is 0 Å². The van der Waals surface area contributed by atoms with Gasteiger partial charge in [0.25, 0.3) is 5.91 Å². The number of likely N-dealkylation sites (tertiary alicyclic amines) is 1. The Kier molecular flexibility index (Phi) is 3.18. The van der Waals surface area contributed by atoms with Crippen LogP contribution in [0.3, 0.4) is 0 Å². The normalized spacial score (nSPS) is 14.5. The Balaban J connectivity index is 1.67. The van der Waals surface area contributed by atoms with Crippen molar-refractivity contribution < 1.29 is 9.59 Å². The highest BCUT2D eigenvalue weighted by Crippen LogP contribution is 2.17. The topological polar surface area (TPSA) is 79.6 Å². The maximum Gasteiger partial charge on any atom is 0.324 e. The smallest absolute Gasteiger partial charge is 0.324 e. The molecule has 3 amide bonds. The van der Waals surface area contributed by atoms with Crippen LogP contribution in [0.25, 0.3) is 16.6 Å². The van der Waals surface area contributed by atoms with E-state index in [9.17, 15) is 9.59 Å². The fourth-order valence-corrected chi connectivity index (χ4v) is 2.91. The van der Waals surface area contributed by atoms with E-state index >= 15 is 0 Å². The van der Waals surface area contributed by atoms with E-state index < -0.39 is 5.91 Å². The van der Waals surface area contributed by atoms with Crippen LogP contribution in [0.1, 0.15) is 23.3 Å². The van der Waals surface area contributed by atoms with Gasteiger partial charge >= 0.3 is 6.03 Å². The highest BCUT2D eigenvalue weighted by molar-refractivity contribution is 6.07. The Morgan fingerprint density at radius 1 is 1.04 bits per heavy atom. The van der Waals surface area contributed by atoms with Gasteiger partial charge in [-0.15, -0.1) is 0 Å². The Morgan fingerprint density at radius 3 is 2.65 bits per heavy atom. The van der Waals surface area contributed by atoms with Crippen LogP contribution in [0, 0.1) is 0 Å². The number of carbonyl (C=O) groups excluding carboxylic acids is 2. The molecule has 0 radical (unpaired) electrons. The minimum absolute atomic E-state index is 0.204. The summed E-state index contributed by atoms with van der Waals surface area (Å²) in [5.41, 5.74) is 2.46. The second kappa shape index (κ2) is 5.35. The van der Waals surface area contributed by atoms with Gasteiger partial charge in [0.1, 0.15) is 6.33 Å². The first-order valence-electron chi connectivity index (χ1n) is 7.55. The number of hydrogen-bond acceptors (Lipinski definition) is 4. The number of hydrogen-bond donors (Lipinski definition) is 1. The van der Waals surface area contributed by atoms with Crippen LogP contribution >= 0.6 is 0 Å². The van der Waals surface area contributed by atoms with E-state index in [2.05, 4.69) is 15.3 Å². The number of nitrogens with zero attached hydrogens (tertiary/aromatic N) is 4. The van der Waals surface area contributed by atoms with Gasteiger partial charge < -0.3 is 4.90 Å². The van der Waals surface area contributed by atoms with Crippen LogP contribution in [0.5, 0.6) is 0 Å². The summed E-state index contributed by atoms with van der Waals surface area (Å²) < 4.78 is 1.80. The highest BCUT2D eigenvalue weighted by atomic mass is 16.2. The average molecular weight is 309 g/mol. The molecule has 4 rings (SSSR count). The number of rotatable bonds is 1. The van der Waals surface area contributed by atoms with E-state index in [4.69, 9.17) is 0 Å². The average Bonchev–Trinajstić information content (AvgIpc) is 3.24. The van der Waals surface area contributed by atoms with Crippen LogP contribution in [0.2, 0.25) is 0 Å². The summed E-state index contributed by atoms with van der Waals surface area (Å²) in [7, 11) is 0. The van der Waals surface area contributed by atoms with E-state index in [1.807, 2.05) is 24.3 Å². The largest absolute Gasteiger partial charge is 0.324 e. The van der Waals surface area contributed by atoms with E-state index in [0.717, 1.165) is 23.9 Å². The predicted molar refractivity (Wildman–Crippen MR) is 84.2 cm³/mol. The second-order valence-electron chi connectivity index (χ2n) is 5.55. The molecule has 1 saturated heterocycles. The second-order valence-corrected chi connectivity index (χ2v) is 5.55. The summed E-state index contributed by atoms with van der Waals surface area (Å²) in [5.74, 6) is -0.499. The molecule has 7 nitrogen and oxygen atoms in total. The van der Waals surface area contributed by atoms with Crippen molar-refractivity contribution in [3.63, 3.8) is 0 Å². The molecule has 3 aromatic rings. The number of para-hydroxylation sites is 2. The molecule has 2 aromatic heterocycles. The third kappa shape index (κ3) is 2.30. The summed E-state index contributed by atoms with van der Waals surface area (Å²) in [6.07, 6.45) is 5.13. The zero-order chi connectivity index (χ0) is 15.8. The van der Waals surface area contributed by atoms with Gasteiger partial charge in [0, 0.05) is 13.1 Å². The minimum atomic E-state index is -0.499. The predicted octanol–water partition coefficient (Wildman–Crippen LogP) is 1.83. The lowest BCUT2D eigenvalue weighted by Crippen LogP contribution is -2.41. The standard InChI is InChI=1S/C16H15N5O2/c22-15(19-16(23)20-7-3-4-8-20)14-13-9-17-11-5-1-2-6-12(11)21(13)10-18-14/h1-2,5-6,9-10H,3-4,7-8H2,(H,19,22,23). The van der Waals surface area contributed by atoms with E-state index in [1.54, 1.807) is 21.8 Å². The molecule has 1 N–H and O–H groups in total. The SMILES string of the molecule is O=C(NC(=O)N1CCCC1)c1ncn2c1cnc1ccccc12. The van der Waals surface area contributed by atoms with Crippen LogP contribution in [0.15, 0.2) is 36.8 Å². The molecule has 0 aliphatic carbocycles. The highest BCUT2D eigenvalue weighted by Gasteiger charge is 2.22. The Hall–Kier alpha value is -2.96. The first kappa shape index (κ1) is 13.7. The van der Waals surface area contributed by atoms with Gasteiger partial charge in [0.15, 0.2) is 5.69 Å². The van der Waals surface area contributed by atoms with Crippen molar-refractivity contribution in [1.82, 2.24) is 24.6 Å². The molecule has 116 valence electrons. The fourth-order valence-electron chi connectivity index (χ4n) is 2.91. The number of carbonyl (C=O) groups is 2. The van der Waals surface area contributed by atoms with Crippen molar-refractivity contribution in [2.45, 2.75) is 12.8 Å². The molecular formula is C16H15N5O2. The first-order valence-corrected chi connectivity index (χ1v) is 7.55. The Morgan fingerprint density at radius 2 is 1.83 bits per heavy atom. The maximum atomic E-state index is 12.4. The van der Waals surface area contributed by atoms with Crippen molar-refractivity contribution >= 4 is 28.5 Å². The van der Waals surface area contributed by atoms with Crippen LogP contribution < -0.4 is 5.32 Å². The van der Waals surface area contributed by atoms with Crippen molar-refractivity contribution in [1.29, 1.82) is 0 Å². The Bertz CT molecular complexity index is 911. The molecule has 7 heteroatoms. The number of urea groups is 1. The molecule has 1 aromatic carbocycles. The van der Waals surface area contributed by atoms with Gasteiger partial charge in [0.05, 0.1) is 22.7 Å². The lowest BCUT2D eigenvalue weighted by Gasteiger charge is -2.14. The van der Waals surface area contributed by atoms with Crippen molar-refractivity contribution in [3.8, 4) is 0 Å². The van der Waals surface area contributed by atoms with Crippen molar-refractivity contribution in [2.75, 3.05) is 13.1 Å². The number of benzene rings is 1. The molecule has 23 heavy (non-hydrogen) atoms. The summed E-state index contributed by atoms with van der Waals surface area (Å²) in [4.78, 5) is 34.6. The molecule has 1 fully saturated rings. The fraction of sp³-hybridized carbons (Fsp3) is 0.250. The molecule has 0 spiro atoms. The van der Waals surface area contributed by atoms with Gasteiger partial charge in [-0.05, 0) is 25.0 Å². The molecule has 0 unspecified atom stereocenters. The van der Waals surface area contributed by atoms with Gasteiger partial charge in [-0.3, -0.25) is 19.5 Å². The van der Waals surface area contributed by atoms with Crippen molar-refractivity contribution in [2.24, 2.45) is 0 Å². The van der Waals surface area contributed by atoms with Gasteiger partial charge in [-0.25, -0.2) is 9.78 Å². The number of amides is 3. The molecule has 1 aliphatic heterocycles. The zero-order valence-electron chi connectivity index (χ0n) is 12.4. The molecular weight excluding hydrogens is 294 g/mol. The van der Waals surface area contributed by atoms with E-state index in [0.29, 0.717) is 18.6 Å². The first-order chi connectivity index (χ1) is 11.2. The monoisotopic (exact) mass is 309 g/mol. The quantitative estimate of drug-likeness (QED) is 0.743. The summed E-state index contributed by atoms with van der Waals surface area (Å²) in [5, 5.41) is 2.41. The summed E-state index contributed by atoms with van der Waals surface area (Å²) in [6, 6.07) is 7.25. The Labute approximate surface area is 131 Å². The van der Waals surface area contributed by atoms with Crippen LogP contribution in [-0.4, -0.2) is 44.3 Å². The van der Waals surface area contributed by atoms with E-state index in [-0.39, 0.29) is 11.7 Å². The summed E-state index contributed by atoms with van der Waals surface area (Å²) >= 11 is 0. The molecule has 0 bridgehead atoms. The van der Waals surface area contributed by atoms with Gasteiger partial charge in [-0.2, -0.15) is 0 Å². The summed E-state index contributed by atoms with van der Waals surface area (Å²) in [6.45, 7) is 1.38. The zero-order valence-corrected chi connectivity index (χ0v) is 12.4. The van der Waals surface area contributed by atoms with Crippen molar-refractivity contribution in [3.05, 3.63) is 42.5 Å². The lowest BCUT2D eigenvalue weighted by atomic mass is 10.3. The number of imidazole rings is 1. The molecule has 1 aliphatic rings. The lowest BCUT2D eigenvalue weighted by molar-refractivity contribution is 0.0952. The molecule has 3 heterocycles. The van der Waals surface area contributed by atoms with Gasteiger partial charge in [-0.1, -0.05) is 12.1 Å². The number of nitrogens with one attached hydrogen (secondary N) is 1. The third-order valence-electron chi connectivity index (χ3n) is 4.10. The molecule has 0 atom stereocenters. The minimum Gasteiger partial charge on any atom is -0.324 e.